The first-order chi connectivity index (χ1) is 11.0. The van der Waals surface area contributed by atoms with Crippen molar-refractivity contribution in [2.75, 3.05) is 7.05 Å². The lowest BCUT2D eigenvalue weighted by atomic mass is 10.0. The summed E-state index contributed by atoms with van der Waals surface area (Å²) in [5, 5.41) is 0. The molecule has 130 valence electrons. The molecule has 0 aliphatic carbocycles. The minimum atomic E-state index is -0.255. The summed E-state index contributed by atoms with van der Waals surface area (Å²) in [6.07, 6.45) is 0.324. The van der Waals surface area contributed by atoms with E-state index in [1.54, 1.807) is 4.90 Å². The number of nitrogens with two attached hydrogens (primary N) is 1. The number of hydrogen-bond acceptors (Lipinski definition) is 2. The third-order valence-corrected chi connectivity index (χ3v) is 4.11. The summed E-state index contributed by atoms with van der Waals surface area (Å²) in [6, 6.07) is 18.0. The second-order valence-electron chi connectivity index (χ2n) is 6.37. The van der Waals surface area contributed by atoms with Gasteiger partial charge in [0.05, 0.1) is 0 Å². The third kappa shape index (κ3) is 5.66. The zero-order valence-corrected chi connectivity index (χ0v) is 15.4. The summed E-state index contributed by atoms with van der Waals surface area (Å²) >= 11 is 0. The molecule has 0 fully saturated rings. The van der Waals surface area contributed by atoms with E-state index >= 15 is 0 Å². The molecule has 24 heavy (non-hydrogen) atoms. The fraction of sp³-hybridized carbons (Fsp3) is 0.350. The lowest BCUT2D eigenvalue weighted by Crippen LogP contribution is -2.29. The van der Waals surface area contributed by atoms with Crippen LogP contribution in [0.4, 0.5) is 0 Å². The molecule has 2 rings (SSSR count). The van der Waals surface area contributed by atoms with Gasteiger partial charge >= 0.3 is 0 Å². The maximum atomic E-state index is 12.4. The van der Waals surface area contributed by atoms with Gasteiger partial charge in [0, 0.05) is 26.1 Å². The predicted octanol–water partition coefficient (Wildman–Crippen LogP) is 4.28. The smallest absolute Gasteiger partial charge is 0.224 e. The molecule has 3 nitrogen and oxygen atoms in total. The summed E-state index contributed by atoms with van der Waals surface area (Å²) in [7, 11) is 1.83. The van der Waals surface area contributed by atoms with Crippen LogP contribution < -0.4 is 5.73 Å². The van der Waals surface area contributed by atoms with Crippen molar-refractivity contribution in [2.24, 2.45) is 5.73 Å². The molecule has 0 aromatic heterocycles. The summed E-state index contributed by atoms with van der Waals surface area (Å²) in [4.78, 5) is 14.1. The highest BCUT2D eigenvalue weighted by Gasteiger charge is 2.15. The van der Waals surface area contributed by atoms with Gasteiger partial charge in [-0.1, -0.05) is 68.4 Å². The number of amides is 1. The fourth-order valence-corrected chi connectivity index (χ4v) is 2.53. The van der Waals surface area contributed by atoms with Crippen molar-refractivity contribution in [1.82, 2.24) is 4.90 Å². The lowest BCUT2D eigenvalue weighted by Gasteiger charge is -2.20. The predicted molar refractivity (Wildman–Crippen MR) is 102 cm³/mol. The standard InChI is InChI=1S/C20H26N2O.ClH/c1-15(2)17-11-9-16(10-12-17)14-22(3)20(23)13-19(21)18-7-5-4-6-8-18;/h4-12,15,19H,13-14,21H2,1-3H3;1H. The molecule has 0 heterocycles. The van der Waals surface area contributed by atoms with E-state index in [0.717, 1.165) is 11.1 Å². The Morgan fingerprint density at radius 3 is 2.12 bits per heavy atom. The first-order valence-electron chi connectivity index (χ1n) is 8.10. The minimum absolute atomic E-state index is 0. The van der Waals surface area contributed by atoms with Crippen molar-refractivity contribution in [2.45, 2.75) is 38.8 Å². The molecule has 1 atom stereocenters. The summed E-state index contributed by atoms with van der Waals surface area (Å²) < 4.78 is 0. The van der Waals surface area contributed by atoms with E-state index in [-0.39, 0.29) is 24.4 Å². The monoisotopic (exact) mass is 346 g/mol. The van der Waals surface area contributed by atoms with Gasteiger partial charge in [0.25, 0.3) is 0 Å². The van der Waals surface area contributed by atoms with Crippen LogP contribution in [0.1, 0.15) is 48.9 Å². The van der Waals surface area contributed by atoms with Crippen molar-refractivity contribution in [3.63, 3.8) is 0 Å². The molecule has 0 saturated carbocycles. The van der Waals surface area contributed by atoms with Crippen molar-refractivity contribution < 1.29 is 4.79 Å². The fourth-order valence-electron chi connectivity index (χ4n) is 2.53. The van der Waals surface area contributed by atoms with Crippen molar-refractivity contribution >= 4 is 18.3 Å². The molecule has 4 heteroatoms. The van der Waals surface area contributed by atoms with Crippen LogP contribution in [0.25, 0.3) is 0 Å². The maximum absolute atomic E-state index is 12.4. The van der Waals surface area contributed by atoms with Crippen LogP contribution in [0.15, 0.2) is 54.6 Å². The van der Waals surface area contributed by atoms with Crippen LogP contribution >= 0.6 is 12.4 Å². The quantitative estimate of drug-likeness (QED) is 0.848. The summed E-state index contributed by atoms with van der Waals surface area (Å²) in [6.45, 7) is 4.96. The van der Waals surface area contributed by atoms with Gasteiger partial charge in [-0.15, -0.1) is 12.4 Å². The summed E-state index contributed by atoms with van der Waals surface area (Å²) in [5.74, 6) is 0.585. The van der Waals surface area contributed by atoms with Gasteiger partial charge in [-0.25, -0.2) is 0 Å². The van der Waals surface area contributed by atoms with Gasteiger partial charge in [-0.2, -0.15) is 0 Å². The number of carbonyl (C=O) groups is 1. The Bertz CT molecular complexity index is 626. The van der Waals surface area contributed by atoms with Crippen molar-refractivity contribution in [1.29, 1.82) is 0 Å². The van der Waals surface area contributed by atoms with Crippen LogP contribution in [0.5, 0.6) is 0 Å². The van der Waals surface area contributed by atoms with E-state index < -0.39 is 0 Å². The Hall–Kier alpha value is -1.84. The molecule has 0 saturated heterocycles. The zero-order chi connectivity index (χ0) is 16.8. The van der Waals surface area contributed by atoms with Gasteiger partial charge in [-0.3, -0.25) is 4.79 Å². The molecule has 2 aromatic carbocycles. The Kier molecular flexibility index (Phi) is 7.96. The molecule has 0 spiro atoms. The van der Waals surface area contributed by atoms with E-state index in [2.05, 4.69) is 38.1 Å². The van der Waals surface area contributed by atoms with Crippen molar-refractivity contribution in [3.8, 4) is 0 Å². The highest BCUT2D eigenvalue weighted by molar-refractivity contribution is 5.85. The number of rotatable bonds is 6. The average Bonchev–Trinajstić information content (AvgIpc) is 2.56. The van der Waals surface area contributed by atoms with Crippen LogP contribution in [0.2, 0.25) is 0 Å². The van der Waals surface area contributed by atoms with Crippen LogP contribution in [0.3, 0.4) is 0 Å². The average molecular weight is 347 g/mol. The third-order valence-electron chi connectivity index (χ3n) is 4.11. The van der Waals surface area contributed by atoms with Crippen LogP contribution in [-0.4, -0.2) is 17.9 Å². The van der Waals surface area contributed by atoms with E-state index in [9.17, 15) is 4.79 Å². The zero-order valence-electron chi connectivity index (χ0n) is 14.6. The number of nitrogens with zero attached hydrogens (tertiary/aromatic N) is 1. The van der Waals surface area contributed by atoms with Crippen molar-refractivity contribution in [3.05, 3.63) is 71.3 Å². The SMILES string of the molecule is CC(C)c1ccc(CN(C)C(=O)CC(N)c2ccccc2)cc1.Cl. The highest BCUT2D eigenvalue weighted by atomic mass is 35.5. The molecule has 0 aliphatic rings. The van der Waals surface area contributed by atoms with E-state index in [1.807, 2.05) is 37.4 Å². The van der Waals surface area contributed by atoms with Gasteiger partial charge in [0.1, 0.15) is 0 Å². The highest BCUT2D eigenvalue weighted by Crippen LogP contribution is 2.17. The molecule has 0 bridgehead atoms. The Morgan fingerprint density at radius 1 is 1.00 bits per heavy atom. The van der Waals surface area contributed by atoms with Crippen LogP contribution in [0, 0.1) is 0 Å². The summed E-state index contributed by atoms with van der Waals surface area (Å²) in [5.41, 5.74) is 9.58. The Balaban J connectivity index is 0.00000288. The maximum Gasteiger partial charge on any atom is 0.224 e. The minimum Gasteiger partial charge on any atom is -0.341 e. The first-order valence-corrected chi connectivity index (χ1v) is 8.10. The van der Waals surface area contributed by atoms with E-state index in [0.29, 0.717) is 18.9 Å². The molecular formula is C20H27ClN2O. The van der Waals surface area contributed by atoms with Gasteiger partial charge in [0.2, 0.25) is 5.91 Å². The molecule has 1 unspecified atom stereocenters. The molecule has 2 N–H and O–H groups in total. The Labute approximate surface area is 151 Å². The molecule has 2 aromatic rings. The normalized spacial score (nSPS) is 11.7. The number of carbonyl (C=O) groups excluding carboxylic acids is 1. The second kappa shape index (κ2) is 9.45. The largest absolute Gasteiger partial charge is 0.341 e. The molecular weight excluding hydrogens is 320 g/mol. The topological polar surface area (TPSA) is 46.3 Å². The number of hydrogen-bond donors (Lipinski definition) is 1. The molecule has 0 aliphatic heterocycles. The Morgan fingerprint density at radius 2 is 1.58 bits per heavy atom. The second-order valence-corrected chi connectivity index (χ2v) is 6.37. The number of halogens is 1. The number of benzene rings is 2. The van der Waals surface area contributed by atoms with E-state index in [4.69, 9.17) is 5.73 Å². The molecule has 1 amide bonds. The van der Waals surface area contributed by atoms with Crippen LogP contribution in [-0.2, 0) is 11.3 Å². The van der Waals surface area contributed by atoms with Gasteiger partial charge in [0.15, 0.2) is 0 Å². The lowest BCUT2D eigenvalue weighted by molar-refractivity contribution is -0.130. The van der Waals surface area contributed by atoms with E-state index in [1.165, 1.54) is 5.56 Å². The molecule has 0 radical (unpaired) electrons. The first kappa shape index (κ1) is 20.2. The van der Waals surface area contributed by atoms with Gasteiger partial charge in [-0.05, 0) is 22.6 Å². The van der Waals surface area contributed by atoms with Gasteiger partial charge < -0.3 is 10.6 Å².